The number of anilines is 2. The molecule has 0 aliphatic carbocycles. The van der Waals surface area contributed by atoms with Crippen molar-refractivity contribution in [2.24, 2.45) is 0 Å². The van der Waals surface area contributed by atoms with E-state index < -0.39 is 0 Å². The molecule has 2 aromatic heterocycles. The van der Waals surface area contributed by atoms with Crippen molar-refractivity contribution in [3.63, 3.8) is 0 Å². The topological polar surface area (TPSA) is 67.6 Å². The van der Waals surface area contributed by atoms with Crippen LogP contribution in [0.15, 0.2) is 41.0 Å². The van der Waals surface area contributed by atoms with Gasteiger partial charge in [-0.3, -0.25) is 10.2 Å². The number of rotatable bonds is 3. The number of thiazole rings is 1. The Labute approximate surface area is 125 Å². The Morgan fingerprint density at radius 1 is 1.38 bits per heavy atom. The van der Waals surface area contributed by atoms with Crippen LogP contribution in [0.3, 0.4) is 0 Å². The number of nitrogens with zero attached hydrogens (tertiary/aromatic N) is 2. The highest BCUT2D eigenvalue weighted by Gasteiger charge is 2.16. The highest BCUT2D eigenvalue weighted by atomic mass is 32.1. The predicted octanol–water partition coefficient (Wildman–Crippen LogP) is 3.57. The monoisotopic (exact) mass is 303 g/mol. The number of nitrogens with one attached hydrogen (secondary N) is 1. The Bertz CT molecular complexity index is 767. The minimum absolute atomic E-state index is 0.317. The molecule has 0 saturated carbocycles. The molecular weight excluding hydrogens is 290 g/mol. The standard InChI is InChI=1S/C14H13N3O3S/c1-17(11-7-4-8-20-11)14(18)16-13-15-12-9(19-2)5-3-6-10(12)21-13/h3-8H,1-2H3,(H,15,16,18). The number of ether oxygens (including phenoxy) is 1. The average Bonchev–Trinajstić information content (AvgIpc) is 3.14. The SMILES string of the molecule is COc1cccc2sc(NC(=O)N(C)c3ccco3)nc12. The number of hydrogen-bond acceptors (Lipinski definition) is 5. The van der Waals surface area contributed by atoms with Crippen LogP contribution in [0.25, 0.3) is 10.2 Å². The Hall–Kier alpha value is -2.54. The lowest BCUT2D eigenvalue weighted by molar-refractivity contribution is 0.257. The van der Waals surface area contributed by atoms with Gasteiger partial charge in [0.2, 0.25) is 5.88 Å². The van der Waals surface area contributed by atoms with Crippen molar-refractivity contribution in [2.75, 3.05) is 24.4 Å². The van der Waals surface area contributed by atoms with Gasteiger partial charge in [-0.2, -0.15) is 0 Å². The fourth-order valence-corrected chi connectivity index (χ4v) is 2.75. The Morgan fingerprint density at radius 2 is 2.24 bits per heavy atom. The second-order valence-corrected chi connectivity index (χ2v) is 5.30. The van der Waals surface area contributed by atoms with Crippen LogP contribution in [0.1, 0.15) is 0 Å². The van der Waals surface area contributed by atoms with Crippen molar-refractivity contribution in [2.45, 2.75) is 0 Å². The van der Waals surface area contributed by atoms with Crippen molar-refractivity contribution >= 4 is 38.6 Å². The fraction of sp³-hybridized carbons (Fsp3) is 0.143. The number of para-hydroxylation sites is 1. The van der Waals surface area contributed by atoms with Gasteiger partial charge in [-0.05, 0) is 18.2 Å². The summed E-state index contributed by atoms with van der Waals surface area (Å²) in [5, 5.41) is 3.26. The van der Waals surface area contributed by atoms with Crippen LogP contribution < -0.4 is 15.0 Å². The zero-order valence-corrected chi connectivity index (χ0v) is 12.3. The first-order valence-electron chi connectivity index (χ1n) is 6.21. The van der Waals surface area contributed by atoms with Crippen LogP contribution in [0, 0.1) is 0 Å². The van der Waals surface area contributed by atoms with Crippen LogP contribution in [-0.2, 0) is 0 Å². The van der Waals surface area contributed by atoms with Gasteiger partial charge in [0, 0.05) is 13.1 Å². The van der Waals surface area contributed by atoms with Gasteiger partial charge < -0.3 is 9.15 Å². The zero-order valence-electron chi connectivity index (χ0n) is 11.5. The van der Waals surface area contributed by atoms with Gasteiger partial charge in [-0.15, -0.1) is 0 Å². The van der Waals surface area contributed by atoms with Crippen LogP contribution in [0.4, 0.5) is 15.8 Å². The zero-order chi connectivity index (χ0) is 14.8. The average molecular weight is 303 g/mol. The number of fused-ring (bicyclic) bond motifs is 1. The van der Waals surface area contributed by atoms with E-state index >= 15 is 0 Å². The second kappa shape index (κ2) is 5.45. The number of furan rings is 1. The molecule has 0 atom stereocenters. The number of methoxy groups -OCH3 is 1. The molecule has 3 aromatic rings. The largest absolute Gasteiger partial charge is 0.494 e. The number of carbonyl (C=O) groups is 1. The second-order valence-electron chi connectivity index (χ2n) is 4.27. The lowest BCUT2D eigenvalue weighted by Crippen LogP contribution is -2.30. The van der Waals surface area contributed by atoms with Crippen LogP contribution in [0.5, 0.6) is 5.75 Å². The maximum Gasteiger partial charge on any atom is 0.330 e. The summed E-state index contributed by atoms with van der Waals surface area (Å²) in [7, 11) is 3.22. The van der Waals surface area contributed by atoms with Gasteiger partial charge in [-0.1, -0.05) is 17.4 Å². The van der Waals surface area contributed by atoms with Gasteiger partial charge in [0.25, 0.3) is 0 Å². The molecular formula is C14H13N3O3S. The molecule has 2 heterocycles. The van der Waals surface area contributed by atoms with Gasteiger partial charge >= 0.3 is 6.03 Å². The summed E-state index contributed by atoms with van der Waals surface area (Å²) in [5.74, 6) is 1.15. The van der Waals surface area contributed by atoms with E-state index in [1.54, 1.807) is 26.3 Å². The minimum atomic E-state index is -0.317. The molecule has 3 rings (SSSR count). The third kappa shape index (κ3) is 2.55. The maximum absolute atomic E-state index is 12.1. The third-order valence-electron chi connectivity index (χ3n) is 2.96. The summed E-state index contributed by atoms with van der Waals surface area (Å²) >= 11 is 1.39. The van der Waals surface area contributed by atoms with E-state index in [0.29, 0.717) is 16.8 Å². The highest BCUT2D eigenvalue weighted by molar-refractivity contribution is 7.22. The Balaban J connectivity index is 1.83. The molecule has 108 valence electrons. The number of amides is 2. The molecule has 6 nitrogen and oxygen atoms in total. The van der Waals surface area contributed by atoms with E-state index in [2.05, 4.69) is 10.3 Å². The number of benzene rings is 1. The van der Waals surface area contributed by atoms with Crippen molar-refractivity contribution in [1.29, 1.82) is 0 Å². The van der Waals surface area contributed by atoms with Gasteiger partial charge in [0.15, 0.2) is 5.13 Å². The number of urea groups is 1. The summed E-state index contributed by atoms with van der Waals surface area (Å²) in [6.45, 7) is 0. The predicted molar refractivity (Wildman–Crippen MR) is 82.3 cm³/mol. The first kappa shape index (κ1) is 13.4. The summed E-state index contributed by atoms with van der Waals surface area (Å²) in [5.41, 5.74) is 0.737. The number of hydrogen-bond donors (Lipinski definition) is 1. The molecule has 0 saturated heterocycles. The Kier molecular flexibility index (Phi) is 3.49. The third-order valence-corrected chi connectivity index (χ3v) is 3.89. The van der Waals surface area contributed by atoms with E-state index in [1.165, 1.54) is 22.5 Å². The van der Waals surface area contributed by atoms with Crippen LogP contribution >= 0.6 is 11.3 Å². The van der Waals surface area contributed by atoms with E-state index in [-0.39, 0.29) is 6.03 Å². The molecule has 0 bridgehead atoms. The van der Waals surface area contributed by atoms with Crippen molar-refractivity contribution in [3.05, 3.63) is 36.6 Å². The molecule has 1 N–H and O–H groups in total. The first-order chi connectivity index (χ1) is 10.2. The van der Waals surface area contributed by atoms with Crippen molar-refractivity contribution in [1.82, 2.24) is 4.98 Å². The molecule has 21 heavy (non-hydrogen) atoms. The molecule has 0 unspecified atom stereocenters. The fourth-order valence-electron chi connectivity index (χ4n) is 1.88. The summed E-state index contributed by atoms with van der Waals surface area (Å²) in [4.78, 5) is 17.9. The van der Waals surface area contributed by atoms with Crippen molar-refractivity contribution in [3.8, 4) is 5.75 Å². The van der Waals surface area contributed by atoms with E-state index in [0.717, 1.165) is 10.2 Å². The van der Waals surface area contributed by atoms with E-state index in [1.807, 2.05) is 18.2 Å². The first-order valence-corrected chi connectivity index (χ1v) is 7.02. The van der Waals surface area contributed by atoms with Gasteiger partial charge in [-0.25, -0.2) is 9.78 Å². The minimum Gasteiger partial charge on any atom is -0.494 e. The summed E-state index contributed by atoms with van der Waals surface area (Å²) in [6.07, 6.45) is 1.52. The number of aromatic nitrogens is 1. The molecule has 7 heteroatoms. The molecule has 0 spiro atoms. The maximum atomic E-state index is 12.1. The smallest absolute Gasteiger partial charge is 0.330 e. The van der Waals surface area contributed by atoms with E-state index in [9.17, 15) is 4.79 Å². The molecule has 0 aliphatic rings. The van der Waals surface area contributed by atoms with Gasteiger partial charge in [0.1, 0.15) is 11.3 Å². The molecule has 0 fully saturated rings. The van der Waals surface area contributed by atoms with Gasteiger partial charge in [0.05, 0.1) is 18.1 Å². The molecule has 2 amide bonds. The summed E-state index contributed by atoms with van der Waals surface area (Å²) < 4.78 is 11.4. The molecule has 0 aliphatic heterocycles. The van der Waals surface area contributed by atoms with E-state index in [4.69, 9.17) is 9.15 Å². The van der Waals surface area contributed by atoms with Crippen LogP contribution in [0.2, 0.25) is 0 Å². The highest BCUT2D eigenvalue weighted by Crippen LogP contribution is 2.32. The normalized spacial score (nSPS) is 10.6. The van der Waals surface area contributed by atoms with Crippen LogP contribution in [-0.4, -0.2) is 25.2 Å². The Morgan fingerprint density at radius 3 is 2.95 bits per heavy atom. The van der Waals surface area contributed by atoms with Crippen molar-refractivity contribution < 1.29 is 13.9 Å². The number of carbonyl (C=O) groups excluding carboxylic acids is 1. The molecule has 1 aromatic carbocycles. The molecule has 0 radical (unpaired) electrons. The lowest BCUT2D eigenvalue weighted by atomic mass is 10.3. The quantitative estimate of drug-likeness (QED) is 0.803. The summed E-state index contributed by atoms with van der Waals surface area (Å²) in [6, 6.07) is 8.77. The lowest BCUT2D eigenvalue weighted by Gasteiger charge is -2.13.